The summed E-state index contributed by atoms with van der Waals surface area (Å²) >= 11 is 0. The summed E-state index contributed by atoms with van der Waals surface area (Å²) in [6.45, 7) is 11.5. The molecule has 6 heteroatoms. The highest BCUT2D eigenvalue weighted by molar-refractivity contribution is 6.99. The van der Waals surface area contributed by atoms with Crippen LogP contribution in [0.15, 0.2) is 91.0 Å². The van der Waals surface area contributed by atoms with Crippen LogP contribution in [0.25, 0.3) is 0 Å². The summed E-state index contributed by atoms with van der Waals surface area (Å²) in [5.74, 6) is -0.715. The predicted octanol–water partition coefficient (Wildman–Crippen LogP) is 5.02. The molecule has 0 amide bonds. The molecule has 2 saturated heterocycles. The number of hydrogen-bond acceptors (Lipinski definition) is 5. The van der Waals surface area contributed by atoms with Crippen molar-refractivity contribution in [1.29, 1.82) is 0 Å². The monoisotopic (exact) mass is 518 g/mol. The second kappa shape index (κ2) is 10.4. The van der Waals surface area contributed by atoms with Gasteiger partial charge in [-0.25, -0.2) is 0 Å². The van der Waals surface area contributed by atoms with Crippen molar-refractivity contribution in [3.8, 4) is 0 Å². The molecule has 2 heterocycles. The maximum atomic E-state index is 7.17. The quantitative estimate of drug-likeness (QED) is 0.392. The van der Waals surface area contributed by atoms with Gasteiger partial charge in [0.1, 0.15) is 18.3 Å². The topological polar surface area (TPSA) is 46.2 Å². The molecule has 0 saturated carbocycles. The molecule has 2 aliphatic heterocycles. The summed E-state index contributed by atoms with van der Waals surface area (Å²) < 4.78 is 32.4. The first-order valence-corrected chi connectivity index (χ1v) is 15.0. The fourth-order valence-electron chi connectivity index (χ4n) is 5.62. The van der Waals surface area contributed by atoms with Crippen molar-refractivity contribution in [1.82, 2.24) is 0 Å². The molecule has 196 valence electrons. The van der Waals surface area contributed by atoms with Crippen LogP contribution in [-0.2, 0) is 30.0 Å². The van der Waals surface area contributed by atoms with Crippen LogP contribution in [0, 0.1) is 0 Å². The Bertz CT molecular complexity index is 1110. The average Bonchev–Trinajstić information content (AvgIpc) is 3.35. The van der Waals surface area contributed by atoms with E-state index in [4.69, 9.17) is 23.4 Å². The summed E-state index contributed by atoms with van der Waals surface area (Å²) in [5.41, 5.74) is 1.11. The van der Waals surface area contributed by atoms with Crippen molar-refractivity contribution in [3.63, 3.8) is 0 Å². The zero-order valence-electron chi connectivity index (χ0n) is 22.4. The van der Waals surface area contributed by atoms with E-state index in [-0.39, 0.29) is 23.4 Å². The van der Waals surface area contributed by atoms with Crippen molar-refractivity contribution in [3.05, 3.63) is 96.6 Å². The molecule has 3 aromatic rings. The molecule has 0 aliphatic carbocycles. The predicted molar refractivity (Wildman–Crippen MR) is 147 cm³/mol. The van der Waals surface area contributed by atoms with Gasteiger partial charge in [0.2, 0.25) is 0 Å². The highest BCUT2D eigenvalue weighted by Crippen LogP contribution is 2.41. The number of ether oxygens (including phenoxy) is 4. The van der Waals surface area contributed by atoms with E-state index in [9.17, 15) is 0 Å². The van der Waals surface area contributed by atoms with Crippen LogP contribution >= 0.6 is 0 Å². The van der Waals surface area contributed by atoms with Gasteiger partial charge in [-0.15, -0.1) is 0 Å². The van der Waals surface area contributed by atoms with Gasteiger partial charge in [0.05, 0.1) is 13.2 Å². The molecule has 2 fully saturated rings. The van der Waals surface area contributed by atoms with Gasteiger partial charge in [0, 0.05) is 0 Å². The van der Waals surface area contributed by atoms with Gasteiger partial charge >= 0.3 is 0 Å². The zero-order chi connectivity index (χ0) is 26.1. The Morgan fingerprint density at radius 2 is 1.32 bits per heavy atom. The van der Waals surface area contributed by atoms with E-state index in [2.05, 4.69) is 93.6 Å². The van der Waals surface area contributed by atoms with E-state index in [1.54, 1.807) is 0 Å². The fraction of sp³-hybridized carbons (Fsp3) is 0.419. The van der Waals surface area contributed by atoms with Crippen molar-refractivity contribution in [2.24, 2.45) is 0 Å². The molecule has 0 unspecified atom stereocenters. The molecule has 4 atom stereocenters. The summed E-state index contributed by atoms with van der Waals surface area (Å²) in [6.07, 6.45) is -1.43. The van der Waals surface area contributed by atoms with Crippen LogP contribution in [0.3, 0.4) is 0 Å². The second-order valence-electron chi connectivity index (χ2n) is 11.4. The Morgan fingerprint density at radius 3 is 1.86 bits per heavy atom. The van der Waals surface area contributed by atoms with Crippen LogP contribution in [0.2, 0.25) is 5.04 Å². The number of benzene rings is 3. The third kappa shape index (κ3) is 5.32. The normalized spacial score (nSPS) is 25.2. The summed E-state index contributed by atoms with van der Waals surface area (Å²) in [5, 5.41) is 2.35. The van der Waals surface area contributed by atoms with E-state index in [1.165, 1.54) is 10.4 Å². The lowest BCUT2D eigenvalue weighted by molar-refractivity contribution is -0.222. The van der Waals surface area contributed by atoms with Gasteiger partial charge < -0.3 is 23.4 Å². The summed E-state index contributed by atoms with van der Waals surface area (Å²) in [4.78, 5) is 0. The van der Waals surface area contributed by atoms with E-state index >= 15 is 0 Å². The Balaban J connectivity index is 1.45. The molecule has 0 spiro atoms. The molecular formula is C31H38O5Si. The molecular weight excluding hydrogens is 480 g/mol. The minimum Gasteiger partial charge on any atom is -0.405 e. The third-order valence-electron chi connectivity index (χ3n) is 7.25. The maximum Gasteiger partial charge on any atom is 0.261 e. The first-order valence-electron chi connectivity index (χ1n) is 13.1. The van der Waals surface area contributed by atoms with E-state index in [0.717, 1.165) is 5.56 Å². The summed E-state index contributed by atoms with van der Waals surface area (Å²) in [7, 11) is -2.72. The minimum absolute atomic E-state index is 0.125. The van der Waals surface area contributed by atoms with Gasteiger partial charge in [-0.05, 0) is 34.8 Å². The van der Waals surface area contributed by atoms with Gasteiger partial charge in [0.15, 0.2) is 12.1 Å². The lowest BCUT2D eigenvalue weighted by Crippen LogP contribution is -2.67. The highest BCUT2D eigenvalue weighted by Gasteiger charge is 2.57. The fourth-order valence-corrected chi connectivity index (χ4v) is 10.2. The van der Waals surface area contributed by atoms with Crippen LogP contribution in [0.5, 0.6) is 0 Å². The summed E-state index contributed by atoms with van der Waals surface area (Å²) in [6, 6.07) is 31.5. The number of fused-ring (bicyclic) bond motifs is 1. The van der Waals surface area contributed by atoms with Crippen LogP contribution in [-0.4, -0.2) is 45.3 Å². The molecule has 0 bridgehead atoms. The maximum absolute atomic E-state index is 7.17. The third-order valence-corrected chi connectivity index (χ3v) is 12.3. The van der Waals surface area contributed by atoms with E-state index < -0.39 is 20.4 Å². The van der Waals surface area contributed by atoms with Crippen molar-refractivity contribution < 1.29 is 23.4 Å². The lowest BCUT2D eigenvalue weighted by Gasteiger charge is -2.43. The van der Waals surface area contributed by atoms with E-state index in [0.29, 0.717) is 13.2 Å². The lowest BCUT2D eigenvalue weighted by atomic mass is 10.1. The highest BCUT2D eigenvalue weighted by atomic mass is 28.4. The standard InChI is InChI=1S/C31H38O5Si/c1-30(2,3)37(24-17-11-7-12-18-24,25-19-13-8-14-20-25)33-22-26-27(32-21-23-15-9-6-10-16-23)28-29(34-26)36-31(4,5)35-28/h6-20,26-29H,21-22H2,1-5H3/t26-,27-,28+,29+/m1/s1. The Hall–Kier alpha value is -2.32. The number of rotatable bonds is 8. The van der Waals surface area contributed by atoms with Crippen LogP contribution in [0.1, 0.15) is 40.2 Å². The molecule has 2 aliphatic rings. The van der Waals surface area contributed by atoms with Gasteiger partial charge in [-0.3, -0.25) is 0 Å². The van der Waals surface area contributed by atoms with Crippen LogP contribution < -0.4 is 10.4 Å². The molecule has 5 rings (SSSR count). The molecule has 37 heavy (non-hydrogen) atoms. The molecule has 0 N–H and O–H groups in total. The Morgan fingerprint density at radius 1 is 0.784 bits per heavy atom. The van der Waals surface area contributed by atoms with Gasteiger partial charge in [0.25, 0.3) is 8.32 Å². The minimum atomic E-state index is -2.72. The Kier molecular flexibility index (Phi) is 7.42. The molecule has 3 aromatic carbocycles. The van der Waals surface area contributed by atoms with Crippen molar-refractivity contribution in [2.75, 3.05) is 6.61 Å². The smallest absolute Gasteiger partial charge is 0.261 e. The number of hydrogen-bond donors (Lipinski definition) is 0. The first kappa shape index (κ1) is 26.3. The molecule has 0 radical (unpaired) electrons. The van der Waals surface area contributed by atoms with Crippen molar-refractivity contribution in [2.45, 2.75) is 76.7 Å². The van der Waals surface area contributed by atoms with Gasteiger partial charge in [-0.2, -0.15) is 0 Å². The first-order chi connectivity index (χ1) is 17.7. The van der Waals surface area contributed by atoms with E-state index in [1.807, 2.05) is 32.0 Å². The molecule has 5 nitrogen and oxygen atoms in total. The Labute approximate surface area is 221 Å². The van der Waals surface area contributed by atoms with Crippen molar-refractivity contribution >= 4 is 18.7 Å². The average molecular weight is 519 g/mol. The zero-order valence-corrected chi connectivity index (χ0v) is 23.4. The largest absolute Gasteiger partial charge is 0.405 e. The van der Waals surface area contributed by atoms with Gasteiger partial charge in [-0.1, -0.05) is 112 Å². The molecule has 0 aromatic heterocycles. The SMILES string of the molecule is CC1(C)O[C@@H]2O[C@H](CO[Si](c3ccccc3)(c3ccccc3)C(C)(C)C)[C@@H](OCc3ccccc3)[C@@H]2O1. The van der Waals surface area contributed by atoms with Crippen LogP contribution in [0.4, 0.5) is 0 Å². The second-order valence-corrected chi connectivity index (χ2v) is 15.7.